The zero-order chi connectivity index (χ0) is 13.1. The van der Waals surface area contributed by atoms with Gasteiger partial charge in [-0.25, -0.2) is 0 Å². The molecule has 0 atom stereocenters. The molecule has 1 aromatic rings. The Morgan fingerprint density at radius 1 is 1.41 bits per heavy atom. The molecular formula is C11H11F3N2O. The zero-order valence-corrected chi connectivity index (χ0v) is 9.12. The first kappa shape index (κ1) is 13.3. The predicted molar refractivity (Wildman–Crippen MR) is 56.5 cm³/mol. The van der Waals surface area contributed by atoms with Gasteiger partial charge < -0.3 is 10.0 Å². The summed E-state index contributed by atoms with van der Waals surface area (Å²) in [7, 11) is 1.43. The van der Waals surface area contributed by atoms with E-state index < -0.39 is 11.7 Å². The third-order valence-electron chi connectivity index (χ3n) is 2.28. The standard InChI is InChI=1S/C11H11F3N2O/c1-16(4-5-17)10-6-8(7-15)2-3-9(10)11(12,13)14/h2-3,6,17H,4-5H2,1H3. The normalized spacial score (nSPS) is 11.1. The third-order valence-corrected chi connectivity index (χ3v) is 2.28. The van der Waals surface area contributed by atoms with Gasteiger partial charge in [-0.1, -0.05) is 0 Å². The molecule has 0 aromatic heterocycles. The van der Waals surface area contributed by atoms with Crippen molar-refractivity contribution in [3.63, 3.8) is 0 Å². The van der Waals surface area contributed by atoms with E-state index in [-0.39, 0.29) is 24.4 Å². The van der Waals surface area contributed by atoms with Gasteiger partial charge in [0.15, 0.2) is 0 Å². The molecule has 1 N–H and O–H groups in total. The van der Waals surface area contributed by atoms with Crippen molar-refractivity contribution < 1.29 is 18.3 Å². The van der Waals surface area contributed by atoms with Crippen molar-refractivity contribution in [2.75, 3.05) is 25.1 Å². The van der Waals surface area contributed by atoms with E-state index in [0.717, 1.165) is 12.1 Å². The first-order chi connectivity index (χ1) is 7.90. The number of alkyl halides is 3. The van der Waals surface area contributed by atoms with E-state index in [9.17, 15) is 13.2 Å². The monoisotopic (exact) mass is 244 g/mol. The second-order valence-corrected chi connectivity index (χ2v) is 3.49. The molecule has 0 fully saturated rings. The minimum absolute atomic E-state index is 0.0674. The Bertz CT molecular complexity index is 437. The summed E-state index contributed by atoms with van der Waals surface area (Å²) in [5.74, 6) is 0. The SMILES string of the molecule is CN(CCO)c1cc(C#N)ccc1C(F)(F)F. The zero-order valence-electron chi connectivity index (χ0n) is 9.12. The maximum Gasteiger partial charge on any atom is 0.418 e. The van der Waals surface area contributed by atoms with Crippen LogP contribution in [0, 0.1) is 11.3 Å². The van der Waals surface area contributed by atoms with Crippen molar-refractivity contribution in [2.45, 2.75) is 6.18 Å². The summed E-state index contributed by atoms with van der Waals surface area (Å²) in [6.45, 7) is -0.192. The Kier molecular flexibility index (Phi) is 3.97. The average molecular weight is 244 g/mol. The minimum atomic E-state index is -4.48. The summed E-state index contributed by atoms with van der Waals surface area (Å²) >= 11 is 0. The van der Waals surface area contributed by atoms with E-state index in [1.54, 1.807) is 6.07 Å². The van der Waals surface area contributed by atoms with Gasteiger partial charge in [0, 0.05) is 13.6 Å². The molecule has 0 heterocycles. The number of hydrogen-bond acceptors (Lipinski definition) is 3. The van der Waals surface area contributed by atoms with Crippen molar-refractivity contribution in [1.29, 1.82) is 5.26 Å². The highest BCUT2D eigenvalue weighted by Gasteiger charge is 2.34. The van der Waals surface area contributed by atoms with Crippen molar-refractivity contribution in [3.05, 3.63) is 29.3 Å². The van der Waals surface area contributed by atoms with Crippen molar-refractivity contribution in [1.82, 2.24) is 0 Å². The maximum absolute atomic E-state index is 12.7. The molecular weight excluding hydrogens is 233 g/mol. The molecule has 0 radical (unpaired) electrons. The summed E-state index contributed by atoms with van der Waals surface area (Å²) in [6.07, 6.45) is -4.48. The Balaban J connectivity index is 3.27. The fourth-order valence-corrected chi connectivity index (χ4v) is 1.43. The van der Waals surface area contributed by atoms with Crippen LogP contribution >= 0.6 is 0 Å². The van der Waals surface area contributed by atoms with Crippen LogP contribution in [0.15, 0.2) is 18.2 Å². The second-order valence-electron chi connectivity index (χ2n) is 3.49. The molecule has 1 rings (SSSR count). The molecule has 0 aliphatic heterocycles. The van der Waals surface area contributed by atoms with Gasteiger partial charge in [0.1, 0.15) is 0 Å². The number of halogens is 3. The van der Waals surface area contributed by atoms with Crippen LogP contribution in [0.5, 0.6) is 0 Å². The molecule has 0 aliphatic rings. The molecule has 0 unspecified atom stereocenters. The quantitative estimate of drug-likeness (QED) is 0.884. The summed E-state index contributed by atoms with van der Waals surface area (Å²) < 4.78 is 38.1. The number of aliphatic hydroxyl groups excluding tert-OH is 1. The number of anilines is 1. The van der Waals surface area contributed by atoms with Crippen molar-refractivity contribution in [3.8, 4) is 6.07 Å². The van der Waals surface area contributed by atoms with Gasteiger partial charge in [0.05, 0.1) is 29.5 Å². The van der Waals surface area contributed by atoms with Crippen LogP contribution in [0.3, 0.4) is 0 Å². The van der Waals surface area contributed by atoms with Crippen LogP contribution in [-0.2, 0) is 6.18 Å². The van der Waals surface area contributed by atoms with Crippen LogP contribution < -0.4 is 4.90 Å². The lowest BCUT2D eigenvalue weighted by Crippen LogP contribution is -2.24. The first-order valence-corrected chi connectivity index (χ1v) is 4.83. The lowest BCUT2D eigenvalue weighted by molar-refractivity contribution is -0.137. The average Bonchev–Trinajstić information content (AvgIpc) is 2.27. The molecule has 1 aromatic carbocycles. The minimum Gasteiger partial charge on any atom is -0.395 e. The molecule has 0 spiro atoms. The van der Waals surface area contributed by atoms with Crippen molar-refractivity contribution >= 4 is 5.69 Å². The lowest BCUT2D eigenvalue weighted by Gasteiger charge is -2.22. The number of likely N-dealkylation sites (N-methyl/N-ethyl adjacent to an activating group) is 1. The number of hydrogen-bond donors (Lipinski definition) is 1. The molecule has 92 valence electrons. The summed E-state index contributed by atoms with van der Waals surface area (Å²) in [6, 6.07) is 4.95. The summed E-state index contributed by atoms with van der Waals surface area (Å²) in [5, 5.41) is 17.4. The number of aliphatic hydroxyl groups is 1. The molecule has 6 heteroatoms. The lowest BCUT2D eigenvalue weighted by atomic mass is 10.1. The van der Waals surface area contributed by atoms with Crippen LogP contribution in [0.4, 0.5) is 18.9 Å². The Morgan fingerprint density at radius 3 is 2.53 bits per heavy atom. The fourth-order valence-electron chi connectivity index (χ4n) is 1.43. The number of rotatable bonds is 3. The summed E-state index contributed by atoms with van der Waals surface area (Å²) in [5.41, 5.74) is -0.768. The molecule has 0 saturated carbocycles. The smallest absolute Gasteiger partial charge is 0.395 e. The van der Waals surface area contributed by atoms with E-state index in [0.29, 0.717) is 0 Å². The van der Waals surface area contributed by atoms with Crippen LogP contribution in [-0.4, -0.2) is 25.3 Å². The van der Waals surface area contributed by atoms with Gasteiger partial charge in [-0.15, -0.1) is 0 Å². The Hall–Kier alpha value is -1.74. The van der Waals surface area contributed by atoms with E-state index >= 15 is 0 Å². The fraction of sp³-hybridized carbons (Fsp3) is 0.364. The van der Waals surface area contributed by atoms with Gasteiger partial charge in [-0.3, -0.25) is 0 Å². The number of nitrogens with zero attached hydrogens (tertiary/aromatic N) is 2. The molecule has 0 aliphatic carbocycles. The van der Waals surface area contributed by atoms with E-state index in [1.807, 2.05) is 0 Å². The number of benzene rings is 1. The highest BCUT2D eigenvalue weighted by Crippen LogP contribution is 2.36. The van der Waals surface area contributed by atoms with Crippen molar-refractivity contribution in [2.24, 2.45) is 0 Å². The predicted octanol–water partition coefficient (Wildman–Crippen LogP) is 2.01. The highest BCUT2D eigenvalue weighted by atomic mass is 19.4. The van der Waals surface area contributed by atoms with Crippen LogP contribution in [0.25, 0.3) is 0 Å². The third kappa shape index (κ3) is 3.11. The molecule has 17 heavy (non-hydrogen) atoms. The van der Waals surface area contributed by atoms with Gasteiger partial charge >= 0.3 is 6.18 Å². The van der Waals surface area contributed by atoms with Gasteiger partial charge in [0.2, 0.25) is 0 Å². The molecule has 3 nitrogen and oxygen atoms in total. The topological polar surface area (TPSA) is 47.3 Å². The van der Waals surface area contributed by atoms with E-state index in [1.165, 1.54) is 18.0 Å². The summed E-state index contributed by atoms with van der Waals surface area (Å²) in [4.78, 5) is 1.27. The van der Waals surface area contributed by atoms with Crippen LogP contribution in [0.2, 0.25) is 0 Å². The Morgan fingerprint density at radius 2 is 2.06 bits per heavy atom. The van der Waals surface area contributed by atoms with Gasteiger partial charge in [-0.05, 0) is 18.2 Å². The molecule has 0 bridgehead atoms. The van der Waals surface area contributed by atoms with E-state index in [2.05, 4.69) is 0 Å². The Labute approximate surface area is 96.7 Å². The molecule has 0 saturated heterocycles. The van der Waals surface area contributed by atoms with E-state index in [4.69, 9.17) is 10.4 Å². The largest absolute Gasteiger partial charge is 0.418 e. The first-order valence-electron chi connectivity index (χ1n) is 4.83. The van der Waals surface area contributed by atoms with Gasteiger partial charge in [0.25, 0.3) is 0 Å². The number of nitriles is 1. The maximum atomic E-state index is 12.7. The van der Waals surface area contributed by atoms with Gasteiger partial charge in [-0.2, -0.15) is 18.4 Å². The molecule has 0 amide bonds. The van der Waals surface area contributed by atoms with Crippen LogP contribution in [0.1, 0.15) is 11.1 Å². The second kappa shape index (κ2) is 5.06. The highest BCUT2D eigenvalue weighted by molar-refractivity contribution is 5.58.